The Morgan fingerprint density at radius 2 is 2.06 bits per heavy atom. The minimum Gasteiger partial charge on any atom is -0.464 e. The van der Waals surface area contributed by atoms with Gasteiger partial charge in [0.2, 0.25) is 0 Å². The van der Waals surface area contributed by atoms with E-state index in [1.54, 1.807) is 6.33 Å². The summed E-state index contributed by atoms with van der Waals surface area (Å²) in [5.74, 6) is 3.61. The van der Waals surface area contributed by atoms with E-state index in [4.69, 9.17) is 14.1 Å². The number of aliphatic imine (C=N–C) groups is 1. The van der Waals surface area contributed by atoms with Crippen molar-refractivity contribution in [2.45, 2.75) is 46.2 Å². The number of ether oxygens (including phenoxy) is 1. The van der Waals surface area contributed by atoms with Crippen LogP contribution >= 0.6 is 24.0 Å². The molecule has 0 bridgehead atoms. The van der Waals surface area contributed by atoms with Crippen LogP contribution in [-0.4, -0.2) is 71.6 Å². The average molecular weight is 545 g/mol. The van der Waals surface area contributed by atoms with Gasteiger partial charge in [-0.2, -0.15) is 0 Å². The average Bonchev–Trinajstić information content (AvgIpc) is 3.40. The highest BCUT2D eigenvalue weighted by Crippen LogP contribution is 2.15. The van der Waals surface area contributed by atoms with Crippen molar-refractivity contribution in [3.8, 4) is 0 Å². The highest BCUT2D eigenvalue weighted by atomic mass is 127. The Morgan fingerprint density at radius 3 is 2.77 bits per heavy atom. The zero-order valence-corrected chi connectivity index (χ0v) is 21.2. The van der Waals surface area contributed by atoms with Crippen LogP contribution in [0.2, 0.25) is 0 Å². The van der Waals surface area contributed by atoms with Crippen LogP contribution in [-0.2, 0) is 17.7 Å². The zero-order valence-electron chi connectivity index (χ0n) is 18.8. The molecule has 1 saturated heterocycles. The predicted octanol–water partition coefficient (Wildman–Crippen LogP) is 2.38. The minimum absolute atomic E-state index is 0. The Hall–Kier alpha value is -1.66. The molecular weight excluding hydrogens is 509 g/mol. The first-order valence-corrected chi connectivity index (χ1v) is 10.9. The molecule has 31 heavy (non-hydrogen) atoms. The molecule has 1 unspecified atom stereocenters. The van der Waals surface area contributed by atoms with Crippen molar-refractivity contribution in [3.63, 3.8) is 0 Å². The summed E-state index contributed by atoms with van der Waals surface area (Å²) >= 11 is 0. The summed E-state index contributed by atoms with van der Waals surface area (Å²) in [4.78, 5) is 7.23. The molecule has 0 radical (unpaired) electrons. The fourth-order valence-electron chi connectivity index (χ4n) is 3.46. The highest BCUT2D eigenvalue weighted by molar-refractivity contribution is 14.0. The lowest BCUT2D eigenvalue weighted by Gasteiger charge is -2.26. The molecule has 3 heterocycles. The molecule has 9 nitrogen and oxygen atoms in total. The number of rotatable bonds is 10. The summed E-state index contributed by atoms with van der Waals surface area (Å²) in [6.07, 6.45) is 3.67. The Morgan fingerprint density at radius 1 is 1.26 bits per heavy atom. The maximum absolute atomic E-state index is 5.76. The van der Waals surface area contributed by atoms with E-state index in [0.29, 0.717) is 0 Å². The largest absolute Gasteiger partial charge is 0.464 e. The molecule has 0 aromatic carbocycles. The number of aryl methyl sites for hydroxylation is 2. The van der Waals surface area contributed by atoms with Crippen LogP contribution in [0.4, 0.5) is 0 Å². The van der Waals surface area contributed by atoms with Crippen molar-refractivity contribution in [3.05, 3.63) is 35.8 Å². The van der Waals surface area contributed by atoms with Crippen molar-refractivity contribution in [2.75, 3.05) is 45.9 Å². The van der Waals surface area contributed by atoms with Crippen LogP contribution in [0.1, 0.15) is 43.7 Å². The Kier molecular flexibility index (Phi) is 11.3. The second-order valence-corrected chi connectivity index (χ2v) is 7.57. The van der Waals surface area contributed by atoms with Crippen LogP contribution in [0.5, 0.6) is 0 Å². The summed E-state index contributed by atoms with van der Waals surface area (Å²) in [6.45, 7) is 13.2. The first-order valence-electron chi connectivity index (χ1n) is 10.9. The van der Waals surface area contributed by atoms with E-state index in [-0.39, 0.29) is 30.0 Å². The summed E-state index contributed by atoms with van der Waals surface area (Å²) in [7, 11) is 0. The summed E-state index contributed by atoms with van der Waals surface area (Å²) in [5, 5.41) is 15.0. The Labute approximate surface area is 202 Å². The summed E-state index contributed by atoms with van der Waals surface area (Å²) < 4.78 is 13.2. The van der Waals surface area contributed by atoms with Crippen molar-refractivity contribution in [1.29, 1.82) is 0 Å². The van der Waals surface area contributed by atoms with Crippen molar-refractivity contribution >= 4 is 29.9 Å². The van der Waals surface area contributed by atoms with Gasteiger partial charge in [-0.25, -0.2) is 0 Å². The van der Waals surface area contributed by atoms with E-state index < -0.39 is 0 Å². The number of furan rings is 1. The van der Waals surface area contributed by atoms with E-state index in [1.165, 1.54) is 0 Å². The maximum Gasteiger partial charge on any atom is 0.191 e. The minimum atomic E-state index is 0. The number of guanidine groups is 1. The SMILES string of the molecule is CCc1nncn1CCNC(=NCCCN1CCOCC1)NC(C)c1ccc(C)o1.I. The lowest BCUT2D eigenvalue weighted by atomic mass is 10.2. The Bertz CT molecular complexity index is 786. The molecule has 1 fully saturated rings. The predicted molar refractivity (Wildman–Crippen MR) is 132 cm³/mol. The molecule has 2 aromatic rings. The third kappa shape index (κ3) is 8.41. The molecule has 0 spiro atoms. The maximum atomic E-state index is 5.76. The normalized spacial score (nSPS) is 16.0. The standard InChI is InChI=1S/C21H35N7O2.HI/c1-4-20-26-24-16-28(20)11-9-23-21(25-18(3)19-7-6-17(2)30-19)22-8-5-10-27-12-14-29-15-13-27;/h6-7,16,18H,4-5,8-15H2,1-3H3,(H2,22,23,25);1H. The van der Waals surface area contributed by atoms with Gasteiger partial charge in [0.1, 0.15) is 23.7 Å². The third-order valence-electron chi connectivity index (χ3n) is 5.20. The van der Waals surface area contributed by atoms with Crippen LogP contribution in [0, 0.1) is 6.92 Å². The third-order valence-corrected chi connectivity index (χ3v) is 5.20. The van der Waals surface area contributed by atoms with Gasteiger partial charge >= 0.3 is 0 Å². The van der Waals surface area contributed by atoms with E-state index in [1.807, 2.05) is 19.1 Å². The van der Waals surface area contributed by atoms with Gasteiger partial charge in [-0.1, -0.05) is 6.92 Å². The van der Waals surface area contributed by atoms with E-state index in [9.17, 15) is 0 Å². The first-order chi connectivity index (χ1) is 14.7. The van der Waals surface area contributed by atoms with E-state index in [2.05, 4.69) is 44.1 Å². The van der Waals surface area contributed by atoms with Gasteiger partial charge in [0.25, 0.3) is 0 Å². The second-order valence-electron chi connectivity index (χ2n) is 7.57. The first kappa shape index (κ1) is 25.6. The van der Waals surface area contributed by atoms with Crippen LogP contribution < -0.4 is 10.6 Å². The lowest BCUT2D eigenvalue weighted by Crippen LogP contribution is -2.40. The quantitative estimate of drug-likeness (QED) is 0.205. The molecular formula is C21H36IN7O2. The second kappa shape index (κ2) is 13.7. The number of nitrogens with zero attached hydrogens (tertiary/aromatic N) is 5. The van der Waals surface area contributed by atoms with Crippen LogP contribution in [0.3, 0.4) is 0 Å². The summed E-state index contributed by atoms with van der Waals surface area (Å²) in [6, 6.07) is 4.02. The summed E-state index contributed by atoms with van der Waals surface area (Å²) in [5.41, 5.74) is 0. The number of hydrogen-bond donors (Lipinski definition) is 2. The molecule has 2 aromatic heterocycles. The smallest absolute Gasteiger partial charge is 0.191 e. The monoisotopic (exact) mass is 545 g/mol. The fourth-order valence-corrected chi connectivity index (χ4v) is 3.46. The molecule has 174 valence electrons. The molecule has 1 aliphatic rings. The van der Waals surface area contributed by atoms with Gasteiger partial charge in [0.05, 0.1) is 19.3 Å². The molecule has 10 heteroatoms. The van der Waals surface area contributed by atoms with Crippen molar-refractivity contribution in [2.24, 2.45) is 4.99 Å². The lowest BCUT2D eigenvalue weighted by molar-refractivity contribution is 0.0377. The molecule has 0 amide bonds. The number of aromatic nitrogens is 3. The molecule has 2 N–H and O–H groups in total. The van der Waals surface area contributed by atoms with E-state index in [0.717, 1.165) is 88.6 Å². The van der Waals surface area contributed by atoms with E-state index >= 15 is 0 Å². The number of halogens is 1. The Balaban J connectivity index is 0.00000341. The molecule has 1 atom stereocenters. The van der Waals surface area contributed by atoms with Crippen LogP contribution in [0.15, 0.2) is 27.9 Å². The highest BCUT2D eigenvalue weighted by Gasteiger charge is 2.12. The van der Waals surface area contributed by atoms with Crippen molar-refractivity contribution in [1.82, 2.24) is 30.3 Å². The molecule has 1 aliphatic heterocycles. The van der Waals surface area contributed by atoms with Gasteiger partial charge in [-0.15, -0.1) is 34.2 Å². The van der Waals surface area contributed by atoms with Crippen molar-refractivity contribution < 1.29 is 9.15 Å². The molecule has 3 rings (SSSR count). The molecule has 0 saturated carbocycles. The van der Waals surface area contributed by atoms with Gasteiger partial charge in [0, 0.05) is 45.7 Å². The fraction of sp³-hybridized carbons (Fsp3) is 0.667. The van der Waals surface area contributed by atoms with Gasteiger partial charge in [0.15, 0.2) is 5.96 Å². The zero-order chi connectivity index (χ0) is 21.2. The number of morpholine rings is 1. The molecule has 0 aliphatic carbocycles. The number of hydrogen-bond acceptors (Lipinski definition) is 6. The van der Waals surface area contributed by atoms with Gasteiger partial charge in [-0.3, -0.25) is 9.89 Å². The van der Waals surface area contributed by atoms with Gasteiger partial charge in [-0.05, 0) is 32.4 Å². The number of nitrogens with one attached hydrogen (secondary N) is 2. The topological polar surface area (TPSA) is 92.7 Å². The van der Waals surface area contributed by atoms with Crippen LogP contribution in [0.25, 0.3) is 0 Å². The van der Waals surface area contributed by atoms with Gasteiger partial charge < -0.3 is 24.4 Å².